The van der Waals surface area contributed by atoms with Gasteiger partial charge >= 0.3 is 5.97 Å². The second-order valence-corrected chi connectivity index (χ2v) is 9.17. The lowest BCUT2D eigenvalue weighted by atomic mass is 10.0. The molecule has 2 fully saturated rings. The van der Waals surface area contributed by atoms with E-state index in [2.05, 4.69) is 30.7 Å². The van der Waals surface area contributed by atoms with Crippen molar-refractivity contribution in [3.63, 3.8) is 0 Å². The van der Waals surface area contributed by atoms with Gasteiger partial charge in [0.2, 0.25) is 0 Å². The lowest BCUT2D eigenvalue weighted by Gasteiger charge is -2.31. The number of carbonyl (C=O) groups is 1. The van der Waals surface area contributed by atoms with Crippen LogP contribution in [0.1, 0.15) is 40.3 Å². The Hall–Kier alpha value is -3.27. The SMILES string of the molecule is O=C(O)c1cccc(-n2cccc2[C@H]2[C@H](c3ccccn3)NC(=S)N2CCCN2CCOCC2)c1. The molecule has 0 saturated carbocycles. The standard InChI is InChI=1S/C26H29N5O3S/c32-25(33)19-6-3-7-20(18-19)30-12-4-9-22(30)24-23(21-8-1-2-10-27-21)28-26(35)31(24)13-5-11-29-14-16-34-17-15-29/h1-4,6-10,12,18,23-24H,5,11,13-17H2,(H,28,35)(H,32,33)/t23-,24-/m0/s1. The molecular formula is C26H29N5O3S. The van der Waals surface area contributed by atoms with Gasteiger partial charge in [0.1, 0.15) is 0 Å². The van der Waals surface area contributed by atoms with Gasteiger partial charge in [-0.2, -0.15) is 0 Å². The van der Waals surface area contributed by atoms with Crippen LogP contribution >= 0.6 is 12.2 Å². The zero-order chi connectivity index (χ0) is 24.2. The second kappa shape index (κ2) is 10.6. The van der Waals surface area contributed by atoms with E-state index in [4.69, 9.17) is 17.0 Å². The van der Waals surface area contributed by atoms with E-state index in [0.717, 1.165) is 62.9 Å². The highest BCUT2D eigenvalue weighted by molar-refractivity contribution is 7.80. The molecule has 1 aromatic carbocycles. The number of aromatic nitrogens is 2. The molecule has 0 amide bonds. The molecule has 0 bridgehead atoms. The Bertz CT molecular complexity index is 1180. The zero-order valence-corrected chi connectivity index (χ0v) is 20.2. The van der Waals surface area contributed by atoms with Gasteiger partial charge < -0.3 is 24.6 Å². The summed E-state index contributed by atoms with van der Waals surface area (Å²) in [5.74, 6) is -0.944. The number of carboxylic acid groups (broad SMARTS) is 1. The number of nitrogens with zero attached hydrogens (tertiary/aromatic N) is 4. The van der Waals surface area contributed by atoms with Gasteiger partial charge in [0.15, 0.2) is 5.11 Å². The number of rotatable bonds is 8. The van der Waals surface area contributed by atoms with E-state index in [9.17, 15) is 9.90 Å². The van der Waals surface area contributed by atoms with Crippen molar-refractivity contribution in [2.45, 2.75) is 18.5 Å². The van der Waals surface area contributed by atoms with Gasteiger partial charge in [-0.25, -0.2) is 4.79 Å². The van der Waals surface area contributed by atoms with Crippen LogP contribution in [0.4, 0.5) is 0 Å². The first-order chi connectivity index (χ1) is 17.1. The van der Waals surface area contributed by atoms with Crippen molar-refractivity contribution < 1.29 is 14.6 Å². The van der Waals surface area contributed by atoms with Crippen LogP contribution in [0, 0.1) is 0 Å². The second-order valence-electron chi connectivity index (χ2n) is 8.79. The fraction of sp³-hybridized carbons (Fsp3) is 0.346. The fourth-order valence-corrected chi connectivity index (χ4v) is 5.25. The summed E-state index contributed by atoms with van der Waals surface area (Å²) >= 11 is 5.82. The van der Waals surface area contributed by atoms with E-state index in [1.807, 2.05) is 36.5 Å². The highest BCUT2D eigenvalue weighted by Crippen LogP contribution is 2.39. The molecule has 4 heterocycles. The Labute approximate surface area is 210 Å². The summed E-state index contributed by atoms with van der Waals surface area (Å²) in [4.78, 5) is 20.9. The molecule has 0 spiro atoms. The number of hydrogen-bond acceptors (Lipinski definition) is 5. The summed E-state index contributed by atoms with van der Waals surface area (Å²) in [5, 5.41) is 13.7. The van der Waals surface area contributed by atoms with E-state index in [1.165, 1.54) is 0 Å². The predicted octanol–water partition coefficient (Wildman–Crippen LogP) is 3.27. The van der Waals surface area contributed by atoms with Gasteiger partial charge in [0.05, 0.1) is 36.6 Å². The Kier molecular flexibility index (Phi) is 7.08. The smallest absolute Gasteiger partial charge is 0.335 e. The molecule has 2 aromatic heterocycles. The molecule has 2 saturated heterocycles. The highest BCUT2D eigenvalue weighted by atomic mass is 32.1. The number of morpholine rings is 1. The summed E-state index contributed by atoms with van der Waals surface area (Å²) < 4.78 is 7.53. The molecule has 5 rings (SSSR count). The van der Waals surface area contributed by atoms with E-state index in [1.54, 1.807) is 24.4 Å². The minimum atomic E-state index is -0.944. The van der Waals surface area contributed by atoms with Crippen LogP contribution in [0.2, 0.25) is 0 Å². The first-order valence-electron chi connectivity index (χ1n) is 11.9. The van der Waals surface area contributed by atoms with Crippen molar-refractivity contribution in [3.8, 4) is 5.69 Å². The van der Waals surface area contributed by atoms with Crippen LogP contribution in [0.5, 0.6) is 0 Å². The van der Waals surface area contributed by atoms with Crippen LogP contribution in [0.25, 0.3) is 5.69 Å². The Morgan fingerprint density at radius 3 is 2.74 bits per heavy atom. The monoisotopic (exact) mass is 491 g/mol. The van der Waals surface area contributed by atoms with Crippen molar-refractivity contribution in [1.82, 2.24) is 24.7 Å². The minimum absolute atomic E-state index is 0.0921. The van der Waals surface area contributed by atoms with Crippen molar-refractivity contribution in [3.05, 3.63) is 83.9 Å². The van der Waals surface area contributed by atoms with Crippen LogP contribution in [-0.2, 0) is 4.74 Å². The minimum Gasteiger partial charge on any atom is -0.478 e. The van der Waals surface area contributed by atoms with Gasteiger partial charge in [0.25, 0.3) is 0 Å². The number of hydrogen-bond donors (Lipinski definition) is 2. The molecular weight excluding hydrogens is 462 g/mol. The lowest BCUT2D eigenvalue weighted by molar-refractivity contribution is 0.0365. The van der Waals surface area contributed by atoms with E-state index < -0.39 is 5.97 Å². The molecule has 9 heteroatoms. The number of carboxylic acids is 1. The van der Waals surface area contributed by atoms with Crippen LogP contribution in [-0.4, -0.2) is 74.9 Å². The predicted molar refractivity (Wildman–Crippen MR) is 137 cm³/mol. The molecule has 0 aliphatic carbocycles. The first-order valence-corrected chi connectivity index (χ1v) is 12.3. The number of aromatic carboxylic acids is 1. The molecule has 8 nitrogen and oxygen atoms in total. The number of nitrogens with one attached hydrogen (secondary N) is 1. The largest absolute Gasteiger partial charge is 0.478 e. The van der Waals surface area contributed by atoms with Gasteiger partial charge in [-0.05, 0) is 61.1 Å². The highest BCUT2D eigenvalue weighted by Gasteiger charge is 2.41. The average molecular weight is 492 g/mol. The summed E-state index contributed by atoms with van der Waals surface area (Å²) in [6, 6.07) is 16.8. The number of thiocarbonyl (C=S) groups is 1. The normalized spacial score (nSPS) is 20.7. The van der Waals surface area contributed by atoms with Gasteiger partial charge in [-0.1, -0.05) is 12.1 Å². The quantitative estimate of drug-likeness (QED) is 0.465. The summed E-state index contributed by atoms with van der Waals surface area (Å²) in [5.41, 5.74) is 3.01. The molecule has 0 unspecified atom stereocenters. The molecule has 2 aliphatic rings. The number of benzene rings is 1. The maximum Gasteiger partial charge on any atom is 0.335 e. The molecule has 3 aromatic rings. The molecule has 35 heavy (non-hydrogen) atoms. The van der Waals surface area contributed by atoms with Crippen molar-refractivity contribution in [1.29, 1.82) is 0 Å². The third kappa shape index (κ3) is 5.07. The molecule has 182 valence electrons. The number of ether oxygens (including phenoxy) is 1. The fourth-order valence-electron chi connectivity index (χ4n) is 4.92. The summed E-state index contributed by atoms with van der Waals surface area (Å²) in [6.45, 7) is 5.30. The van der Waals surface area contributed by atoms with Crippen molar-refractivity contribution in [2.24, 2.45) is 0 Å². The molecule has 2 N–H and O–H groups in total. The maximum absolute atomic E-state index is 11.6. The summed E-state index contributed by atoms with van der Waals surface area (Å²) in [6.07, 6.45) is 4.75. The van der Waals surface area contributed by atoms with E-state index in [-0.39, 0.29) is 17.6 Å². The van der Waals surface area contributed by atoms with Gasteiger partial charge in [0, 0.05) is 50.0 Å². The van der Waals surface area contributed by atoms with E-state index in [0.29, 0.717) is 5.11 Å². The zero-order valence-electron chi connectivity index (χ0n) is 19.4. The first kappa shape index (κ1) is 23.5. The Morgan fingerprint density at radius 1 is 1.11 bits per heavy atom. The van der Waals surface area contributed by atoms with Gasteiger partial charge in [-0.3, -0.25) is 9.88 Å². The lowest BCUT2D eigenvalue weighted by Crippen LogP contribution is -2.39. The van der Waals surface area contributed by atoms with E-state index >= 15 is 0 Å². The third-order valence-electron chi connectivity index (χ3n) is 6.63. The van der Waals surface area contributed by atoms with Crippen LogP contribution in [0.15, 0.2) is 67.0 Å². The average Bonchev–Trinajstić information content (AvgIpc) is 3.50. The van der Waals surface area contributed by atoms with Crippen LogP contribution in [0.3, 0.4) is 0 Å². The van der Waals surface area contributed by atoms with Crippen molar-refractivity contribution in [2.75, 3.05) is 39.4 Å². The van der Waals surface area contributed by atoms with Crippen LogP contribution < -0.4 is 5.32 Å². The third-order valence-corrected chi connectivity index (χ3v) is 6.98. The molecule has 0 radical (unpaired) electrons. The molecule has 2 aliphatic heterocycles. The Morgan fingerprint density at radius 2 is 1.97 bits per heavy atom. The maximum atomic E-state index is 11.6. The Balaban J connectivity index is 1.46. The summed E-state index contributed by atoms with van der Waals surface area (Å²) in [7, 11) is 0. The topological polar surface area (TPSA) is 82.9 Å². The van der Waals surface area contributed by atoms with Crippen molar-refractivity contribution >= 4 is 23.3 Å². The number of pyridine rings is 1. The molecule has 2 atom stereocenters. The van der Waals surface area contributed by atoms with Gasteiger partial charge in [-0.15, -0.1) is 0 Å².